The zero-order chi connectivity index (χ0) is 9.10. The Hall–Kier alpha value is -1.20. The molecule has 1 unspecified atom stereocenters. The van der Waals surface area contributed by atoms with Crippen molar-refractivity contribution in [3.8, 4) is 0 Å². The van der Waals surface area contributed by atoms with Gasteiger partial charge in [0.1, 0.15) is 11.9 Å². The summed E-state index contributed by atoms with van der Waals surface area (Å²) in [6.45, 7) is 0. The minimum Gasteiger partial charge on any atom is -0.385 e. The van der Waals surface area contributed by atoms with Crippen LogP contribution in [-0.4, -0.2) is 20.1 Å². The fourth-order valence-corrected chi connectivity index (χ4v) is 1.72. The van der Waals surface area contributed by atoms with Gasteiger partial charge in [0.15, 0.2) is 0 Å². The highest BCUT2D eigenvalue weighted by molar-refractivity contribution is 7.09. The smallest absolute Gasteiger partial charge is 0.135 e. The second kappa shape index (κ2) is 3.68. The Morgan fingerprint density at radius 1 is 1.62 bits per heavy atom. The van der Waals surface area contributed by atoms with Crippen LogP contribution in [0.2, 0.25) is 0 Å². The topological polar surface area (TPSA) is 61.8 Å². The third-order valence-electron chi connectivity index (χ3n) is 1.71. The van der Waals surface area contributed by atoms with Crippen molar-refractivity contribution >= 4 is 11.3 Å². The Labute approximate surface area is 79.3 Å². The Kier molecular flexibility index (Phi) is 2.37. The molecular weight excluding hydrogens is 186 g/mol. The van der Waals surface area contributed by atoms with E-state index in [-0.39, 0.29) is 0 Å². The van der Waals surface area contributed by atoms with Crippen LogP contribution >= 0.6 is 11.3 Å². The maximum atomic E-state index is 9.67. The van der Waals surface area contributed by atoms with Gasteiger partial charge in [0.25, 0.3) is 0 Å². The summed E-state index contributed by atoms with van der Waals surface area (Å²) < 4.78 is 0. The summed E-state index contributed by atoms with van der Waals surface area (Å²) in [6, 6.07) is 0. The molecular formula is C8H9N3OS. The number of rotatable bonds is 3. The van der Waals surface area contributed by atoms with Crippen LogP contribution in [-0.2, 0) is 6.42 Å². The third-order valence-corrected chi connectivity index (χ3v) is 2.51. The zero-order valence-electron chi connectivity index (χ0n) is 6.84. The second-order valence-corrected chi connectivity index (χ2v) is 3.63. The first-order valence-corrected chi connectivity index (χ1v) is 4.79. The number of imidazole rings is 1. The lowest BCUT2D eigenvalue weighted by Crippen LogP contribution is -2.02. The van der Waals surface area contributed by atoms with Crippen molar-refractivity contribution in [3.05, 3.63) is 34.8 Å². The van der Waals surface area contributed by atoms with Crippen LogP contribution in [0.4, 0.5) is 0 Å². The monoisotopic (exact) mass is 195 g/mol. The van der Waals surface area contributed by atoms with E-state index in [9.17, 15) is 5.11 Å². The molecule has 0 radical (unpaired) electrons. The summed E-state index contributed by atoms with van der Waals surface area (Å²) >= 11 is 1.54. The number of thiazole rings is 1. The first kappa shape index (κ1) is 8.40. The van der Waals surface area contributed by atoms with Crippen LogP contribution < -0.4 is 0 Å². The van der Waals surface area contributed by atoms with Crippen molar-refractivity contribution in [1.29, 1.82) is 0 Å². The van der Waals surface area contributed by atoms with E-state index in [4.69, 9.17) is 0 Å². The fourth-order valence-electron chi connectivity index (χ4n) is 1.09. The molecule has 2 rings (SSSR count). The summed E-state index contributed by atoms with van der Waals surface area (Å²) in [6.07, 6.45) is 5.10. The van der Waals surface area contributed by atoms with Crippen LogP contribution in [0.5, 0.6) is 0 Å². The summed E-state index contributed by atoms with van der Waals surface area (Å²) in [7, 11) is 0. The highest BCUT2D eigenvalue weighted by Crippen LogP contribution is 2.16. The van der Waals surface area contributed by atoms with E-state index in [2.05, 4.69) is 15.0 Å². The Balaban J connectivity index is 2.04. The number of nitrogens with zero attached hydrogens (tertiary/aromatic N) is 2. The average Bonchev–Trinajstić information content (AvgIpc) is 2.74. The van der Waals surface area contributed by atoms with Crippen molar-refractivity contribution in [2.24, 2.45) is 0 Å². The van der Waals surface area contributed by atoms with Gasteiger partial charge in [0.2, 0.25) is 0 Å². The predicted molar refractivity (Wildman–Crippen MR) is 49.4 cm³/mol. The van der Waals surface area contributed by atoms with Crippen LogP contribution in [0.1, 0.15) is 16.8 Å². The maximum Gasteiger partial charge on any atom is 0.135 e. The molecule has 2 N–H and O–H groups in total. The minimum atomic E-state index is -0.560. The highest BCUT2D eigenvalue weighted by atomic mass is 32.1. The molecule has 0 spiro atoms. The maximum absolute atomic E-state index is 9.67. The van der Waals surface area contributed by atoms with E-state index >= 15 is 0 Å². The molecule has 0 aliphatic carbocycles. The molecule has 0 saturated heterocycles. The molecule has 2 heterocycles. The van der Waals surface area contributed by atoms with Gasteiger partial charge < -0.3 is 10.1 Å². The van der Waals surface area contributed by atoms with Gasteiger partial charge in [-0.1, -0.05) is 0 Å². The molecule has 0 bridgehead atoms. The van der Waals surface area contributed by atoms with E-state index in [1.54, 1.807) is 24.1 Å². The SMILES string of the molecule is OC(Cc1cncs1)c1ncc[nH]1. The summed E-state index contributed by atoms with van der Waals surface area (Å²) in [5.41, 5.74) is 1.75. The van der Waals surface area contributed by atoms with Crippen molar-refractivity contribution in [2.45, 2.75) is 12.5 Å². The Morgan fingerprint density at radius 3 is 3.15 bits per heavy atom. The molecule has 4 nitrogen and oxygen atoms in total. The van der Waals surface area contributed by atoms with Gasteiger partial charge in [0, 0.05) is 29.9 Å². The predicted octanol–water partition coefficient (Wildman–Crippen LogP) is 1.14. The number of aromatic nitrogens is 3. The van der Waals surface area contributed by atoms with Gasteiger partial charge >= 0.3 is 0 Å². The van der Waals surface area contributed by atoms with Gasteiger partial charge in [-0.3, -0.25) is 4.98 Å². The Bertz CT molecular complexity index is 343. The number of aliphatic hydroxyl groups excluding tert-OH is 1. The molecule has 2 aromatic rings. The van der Waals surface area contributed by atoms with Crippen LogP contribution in [0.3, 0.4) is 0 Å². The zero-order valence-corrected chi connectivity index (χ0v) is 7.66. The van der Waals surface area contributed by atoms with Crippen molar-refractivity contribution in [3.63, 3.8) is 0 Å². The Morgan fingerprint density at radius 2 is 2.54 bits per heavy atom. The van der Waals surface area contributed by atoms with Gasteiger partial charge in [-0.2, -0.15) is 0 Å². The molecule has 0 aliphatic rings. The summed E-state index contributed by atoms with van der Waals surface area (Å²) in [4.78, 5) is 11.8. The third kappa shape index (κ3) is 1.93. The summed E-state index contributed by atoms with van der Waals surface area (Å²) in [5, 5.41) is 9.67. The molecule has 5 heteroatoms. The van der Waals surface area contributed by atoms with Crippen molar-refractivity contribution in [2.75, 3.05) is 0 Å². The molecule has 0 fully saturated rings. The van der Waals surface area contributed by atoms with Crippen molar-refractivity contribution in [1.82, 2.24) is 15.0 Å². The highest BCUT2D eigenvalue weighted by Gasteiger charge is 2.10. The molecule has 2 aromatic heterocycles. The molecule has 0 aromatic carbocycles. The molecule has 1 atom stereocenters. The van der Waals surface area contributed by atoms with Gasteiger partial charge in [-0.25, -0.2) is 4.98 Å². The van der Waals surface area contributed by atoms with Crippen LogP contribution in [0.15, 0.2) is 24.1 Å². The molecule has 0 aliphatic heterocycles. The first-order valence-electron chi connectivity index (χ1n) is 3.91. The average molecular weight is 195 g/mol. The lowest BCUT2D eigenvalue weighted by molar-refractivity contribution is 0.170. The van der Waals surface area contributed by atoms with Crippen molar-refractivity contribution < 1.29 is 5.11 Å². The van der Waals surface area contributed by atoms with Gasteiger partial charge in [-0.15, -0.1) is 11.3 Å². The number of aliphatic hydroxyl groups is 1. The van der Waals surface area contributed by atoms with Crippen LogP contribution in [0.25, 0.3) is 0 Å². The van der Waals surface area contributed by atoms with Gasteiger partial charge in [0.05, 0.1) is 5.51 Å². The number of hydrogen-bond donors (Lipinski definition) is 2. The normalized spacial score (nSPS) is 13.0. The first-order chi connectivity index (χ1) is 6.36. The van der Waals surface area contributed by atoms with E-state index in [1.165, 1.54) is 11.3 Å². The minimum absolute atomic E-state index is 0.560. The lowest BCUT2D eigenvalue weighted by atomic mass is 10.2. The number of nitrogens with one attached hydrogen (secondary N) is 1. The second-order valence-electron chi connectivity index (χ2n) is 2.66. The van der Waals surface area contributed by atoms with E-state index < -0.39 is 6.10 Å². The van der Waals surface area contributed by atoms with E-state index in [0.717, 1.165) is 4.88 Å². The summed E-state index contributed by atoms with van der Waals surface area (Å²) in [5.74, 6) is 0.605. The molecule has 13 heavy (non-hydrogen) atoms. The van der Waals surface area contributed by atoms with E-state index in [0.29, 0.717) is 12.2 Å². The molecule has 68 valence electrons. The largest absolute Gasteiger partial charge is 0.385 e. The number of hydrogen-bond acceptors (Lipinski definition) is 4. The molecule has 0 saturated carbocycles. The fraction of sp³-hybridized carbons (Fsp3) is 0.250. The van der Waals surface area contributed by atoms with Crippen LogP contribution in [0, 0.1) is 0 Å². The number of aromatic amines is 1. The van der Waals surface area contributed by atoms with E-state index in [1.807, 2.05) is 0 Å². The van der Waals surface area contributed by atoms with Gasteiger partial charge in [-0.05, 0) is 0 Å². The molecule has 0 amide bonds. The lowest BCUT2D eigenvalue weighted by Gasteiger charge is -2.04. The number of H-pyrrole nitrogens is 1. The quantitative estimate of drug-likeness (QED) is 0.772. The standard InChI is InChI=1S/C8H9N3OS/c12-7(8-10-1-2-11-8)3-6-4-9-5-13-6/h1-2,4-5,7,12H,3H2,(H,10,11).